The molecular weight excluding hydrogens is 340 g/mol. The minimum absolute atomic E-state index is 0.0988. The number of phenolic OH excluding ortho intramolecular Hbond substituents is 1. The van der Waals surface area contributed by atoms with Crippen LogP contribution >= 0.6 is 0 Å². The van der Waals surface area contributed by atoms with Crippen molar-refractivity contribution in [2.45, 2.75) is 13.3 Å². The smallest absolute Gasteiger partial charge is 0.173 e. The maximum absolute atomic E-state index is 12.9. The van der Waals surface area contributed by atoms with Crippen molar-refractivity contribution in [1.82, 2.24) is 4.98 Å². The molecule has 6 heteroatoms. The first-order valence-corrected chi connectivity index (χ1v) is 8.44. The van der Waals surface area contributed by atoms with Gasteiger partial charge in [-0.05, 0) is 48.4 Å². The Labute approximate surface area is 156 Å². The fourth-order valence-electron chi connectivity index (χ4n) is 3.11. The highest BCUT2D eigenvalue weighted by Gasteiger charge is 2.24. The highest BCUT2D eigenvalue weighted by Crippen LogP contribution is 2.34. The monoisotopic (exact) mass is 356 g/mol. The van der Waals surface area contributed by atoms with E-state index in [4.69, 9.17) is 5.26 Å². The number of rotatable bonds is 2. The van der Waals surface area contributed by atoms with Gasteiger partial charge in [0.15, 0.2) is 5.78 Å². The Balaban J connectivity index is 1.75. The number of carbonyl (C=O) groups excluding carboxylic acids is 1. The topological polar surface area (TPSA) is 98.0 Å². The summed E-state index contributed by atoms with van der Waals surface area (Å²) in [6.45, 7) is 1.82. The summed E-state index contributed by atoms with van der Waals surface area (Å²) in [5, 5.41) is 25.4. The quantitative estimate of drug-likeness (QED) is 0.637. The SMILES string of the molecule is Cc1ccc(Nc2ccnc3c2C(=O)Cc2cc(C#N)ccc2N3)cc1O. The van der Waals surface area contributed by atoms with Crippen molar-refractivity contribution < 1.29 is 9.90 Å². The van der Waals surface area contributed by atoms with Gasteiger partial charge in [-0.15, -0.1) is 0 Å². The van der Waals surface area contributed by atoms with Gasteiger partial charge in [0, 0.05) is 30.1 Å². The fraction of sp³-hybridized carbons (Fsp3) is 0.0952. The maximum Gasteiger partial charge on any atom is 0.173 e. The molecule has 27 heavy (non-hydrogen) atoms. The van der Waals surface area contributed by atoms with Crippen LogP contribution in [0.5, 0.6) is 5.75 Å². The van der Waals surface area contributed by atoms with E-state index < -0.39 is 0 Å². The Kier molecular flexibility index (Phi) is 3.98. The van der Waals surface area contributed by atoms with Gasteiger partial charge >= 0.3 is 0 Å². The third-order valence-corrected chi connectivity index (χ3v) is 4.56. The number of aromatic hydroxyl groups is 1. The number of fused-ring (bicyclic) bond motifs is 2. The third-order valence-electron chi connectivity index (χ3n) is 4.56. The van der Waals surface area contributed by atoms with Crippen molar-refractivity contribution in [2.75, 3.05) is 10.6 Å². The second-order valence-corrected chi connectivity index (χ2v) is 6.42. The Morgan fingerprint density at radius 1 is 1.22 bits per heavy atom. The van der Waals surface area contributed by atoms with Gasteiger partial charge in [0.25, 0.3) is 0 Å². The fourth-order valence-corrected chi connectivity index (χ4v) is 3.11. The lowest BCUT2D eigenvalue weighted by Gasteiger charge is -2.14. The molecule has 2 heterocycles. The van der Waals surface area contributed by atoms with Crippen LogP contribution in [-0.4, -0.2) is 15.9 Å². The minimum Gasteiger partial charge on any atom is -0.508 e. The van der Waals surface area contributed by atoms with Crippen LogP contribution in [0.1, 0.15) is 27.0 Å². The van der Waals surface area contributed by atoms with Crippen molar-refractivity contribution in [2.24, 2.45) is 0 Å². The van der Waals surface area contributed by atoms with Crippen LogP contribution in [0.3, 0.4) is 0 Å². The van der Waals surface area contributed by atoms with Crippen LogP contribution in [0, 0.1) is 18.3 Å². The average Bonchev–Trinajstić information content (AvgIpc) is 2.80. The van der Waals surface area contributed by atoms with Crippen molar-refractivity contribution in [3.8, 4) is 11.8 Å². The van der Waals surface area contributed by atoms with Crippen LogP contribution in [0.4, 0.5) is 22.9 Å². The number of benzene rings is 2. The van der Waals surface area contributed by atoms with Gasteiger partial charge in [0.05, 0.1) is 22.9 Å². The van der Waals surface area contributed by atoms with E-state index >= 15 is 0 Å². The first kappa shape index (κ1) is 16.6. The molecule has 0 saturated heterocycles. The number of phenols is 1. The Hall–Kier alpha value is -3.85. The zero-order valence-corrected chi connectivity index (χ0v) is 14.6. The predicted molar refractivity (Wildman–Crippen MR) is 103 cm³/mol. The van der Waals surface area contributed by atoms with E-state index in [1.807, 2.05) is 13.0 Å². The largest absolute Gasteiger partial charge is 0.508 e. The first-order valence-electron chi connectivity index (χ1n) is 8.44. The van der Waals surface area contributed by atoms with E-state index in [9.17, 15) is 9.90 Å². The number of nitrogens with zero attached hydrogens (tertiary/aromatic N) is 2. The molecule has 1 aliphatic heterocycles. The van der Waals surface area contributed by atoms with Gasteiger partial charge < -0.3 is 15.7 Å². The van der Waals surface area contributed by atoms with E-state index in [1.54, 1.807) is 42.6 Å². The number of aryl methyl sites for hydroxylation is 1. The van der Waals surface area contributed by atoms with Crippen molar-refractivity contribution >= 4 is 28.7 Å². The van der Waals surface area contributed by atoms with Gasteiger partial charge in [0.2, 0.25) is 0 Å². The van der Waals surface area contributed by atoms with E-state index in [1.165, 1.54) is 0 Å². The highest BCUT2D eigenvalue weighted by molar-refractivity contribution is 6.09. The average molecular weight is 356 g/mol. The second-order valence-electron chi connectivity index (χ2n) is 6.42. The molecular formula is C21H16N4O2. The summed E-state index contributed by atoms with van der Waals surface area (Å²) in [4.78, 5) is 17.3. The molecule has 0 saturated carbocycles. The number of carbonyl (C=O) groups is 1. The summed E-state index contributed by atoms with van der Waals surface area (Å²) in [6.07, 6.45) is 1.79. The number of ketones is 1. The van der Waals surface area contributed by atoms with Gasteiger partial charge in [-0.3, -0.25) is 4.79 Å². The number of nitriles is 1. The molecule has 0 fully saturated rings. The zero-order valence-electron chi connectivity index (χ0n) is 14.6. The molecule has 1 aliphatic rings. The highest BCUT2D eigenvalue weighted by atomic mass is 16.3. The Morgan fingerprint density at radius 3 is 2.85 bits per heavy atom. The van der Waals surface area contributed by atoms with Crippen molar-refractivity contribution in [1.29, 1.82) is 5.26 Å². The minimum atomic E-state index is -0.0988. The van der Waals surface area contributed by atoms with E-state index in [-0.39, 0.29) is 18.0 Å². The lowest BCUT2D eigenvalue weighted by molar-refractivity contribution is 0.0995. The molecule has 0 spiro atoms. The maximum atomic E-state index is 12.9. The lowest BCUT2D eigenvalue weighted by Crippen LogP contribution is -2.08. The number of hydrogen-bond acceptors (Lipinski definition) is 6. The van der Waals surface area contributed by atoms with Gasteiger partial charge in [0.1, 0.15) is 11.6 Å². The standard InChI is InChI=1S/C21H16N4O2/c1-12-2-4-15(10-18(12)26)24-17-6-7-23-21-20(17)19(27)9-14-8-13(11-22)3-5-16(14)25-21/h2-8,10,26H,9H2,1H3,(H2,23,24,25). The molecule has 0 radical (unpaired) electrons. The Morgan fingerprint density at radius 2 is 2.07 bits per heavy atom. The summed E-state index contributed by atoms with van der Waals surface area (Å²) in [5.41, 5.74) is 4.54. The molecule has 3 N–H and O–H groups in total. The molecule has 4 rings (SSSR count). The third kappa shape index (κ3) is 3.07. The predicted octanol–water partition coefficient (Wildman–Crippen LogP) is 4.19. The summed E-state index contributed by atoms with van der Waals surface area (Å²) in [5.74, 6) is 0.545. The van der Waals surface area contributed by atoms with Crippen LogP contribution in [0.15, 0.2) is 48.7 Å². The van der Waals surface area contributed by atoms with E-state index in [0.29, 0.717) is 28.3 Å². The number of aromatic nitrogens is 1. The lowest BCUT2D eigenvalue weighted by atomic mass is 10.0. The summed E-state index contributed by atoms with van der Waals surface area (Å²) in [7, 11) is 0. The molecule has 0 atom stereocenters. The van der Waals surface area contributed by atoms with Crippen LogP contribution < -0.4 is 10.6 Å². The first-order chi connectivity index (χ1) is 13.0. The van der Waals surface area contributed by atoms with Crippen LogP contribution in [-0.2, 0) is 6.42 Å². The summed E-state index contributed by atoms with van der Waals surface area (Å²) in [6, 6.07) is 14.3. The molecule has 1 aromatic heterocycles. The number of hydrogen-bond donors (Lipinski definition) is 3. The van der Waals surface area contributed by atoms with E-state index in [2.05, 4.69) is 21.7 Å². The molecule has 0 bridgehead atoms. The van der Waals surface area contributed by atoms with Crippen molar-refractivity contribution in [3.05, 3.63) is 70.9 Å². The number of anilines is 4. The normalized spacial score (nSPS) is 12.2. The number of Topliss-reactive ketones (excluding diaryl/α,β-unsaturated/α-hetero) is 1. The molecule has 3 aromatic rings. The summed E-state index contributed by atoms with van der Waals surface area (Å²) < 4.78 is 0. The molecule has 0 unspecified atom stereocenters. The molecule has 0 amide bonds. The van der Waals surface area contributed by atoms with Gasteiger partial charge in [-0.25, -0.2) is 4.98 Å². The second kappa shape index (κ2) is 6.46. The van der Waals surface area contributed by atoms with Crippen LogP contribution in [0.25, 0.3) is 0 Å². The van der Waals surface area contributed by atoms with Gasteiger partial charge in [-0.2, -0.15) is 5.26 Å². The number of nitrogens with one attached hydrogen (secondary N) is 2. The van der Waals surface area contributed by atoms with Crippen LogP contribution in [0.2, 0.25) is 0 Å². The van der Waals surface area contributed by atoms with Gasteiger partial charge in [-0.1, -0.05) is 6.07 Å². The molecule has 6 nitrogen and oxygen atoms in total. The molecule has 0 aliphatic carbocycles. The number of pyridine rings is 1. The molecule has 132 valence electrons. The van der Waals surface area contributed by atoms with E-state index in [0.717, 1.165) is 16.8 Å². The summed E-state index contributed by atoms with van der Waals surface area (Å²) >= 11 is 0. The van der Waals surface area contributed by atoms with Crippen molar-refractivity contribution in [3.63, 3.8) is 0 Å². The zero-order chi connectivity index (χ0) is 19.0. The Bertz CT molecular complexity index is 1120. The molecule has 2 aromatic carbocycles.